The van der Waals surface area contributed by atoms with E-state index in [1.54, 1.807) is 17.4 Å². The lowest BCUT2D eigenvalue weighted by Gasteiger charge is -2.00. The molecule has 17 heavy (non-hydrogen) atoms. The van der Waals surface area contributed by atoms with Crippen LogP contribution in [0.5, 0.6) is 0 Å². The van der Waals surface area contributed by atoms with Crippen molar-refractivity contribution in [3.8, 4) is 0 Å². The molecule has 2 N–H and O–H groups in total. The Kier molecular flexibility index (Phi) is 4.30. The zero-order chi connectivity index (χ0) is 12.1. The van der Waals surface area contributed by atoms with Crippen molar-refractivity contribution >= 4 is 11.3 Å². The van der Waals surface area contributed by atoms with Crippen LogP contribution in [-0.4, -0.2) is 16.6 Å². The number of aliphatic hydroxyl groups is 1. The van der Waals surface area contributed by atoms with Gasteiger partial charge in [0.1, 0.15) is 18.1 Å². The predicted octanol–water partition coefficient (Wildman–Crippen LogP) is 1.87. The van der Waals surface area contributed by atoms with Gasteiger partial charge in [0.2, 0.25) is 0 Å². The summed E-state index contributed by atoms with van der Waals surface area (Å²) in [4.78, 5) is 4.39. The second kappa shape index (κ2) is 5.95. The van der Waals surface area contributed by atoms with Crippen molar-refractivity contribution in [1.82, 2.24) is 10.3 Å². The van der Waals surface area contributed by atoms with Crippen molar-refractivity contribution in [2.24, 2.45) is 0 Å². The number of rotatable bonds is 6. The van der Waals surface area contributed by atoms with Gasteiger partial charge in [-0.25, -0.2) is 4.98 Å². The molecule has 0 fully saturated rings. The Bertz CT molecular complexity index is 465. The Morgan fingerprint density at radius 2 is 2.24 bits per heavy atom. The van der Waals surface area contributed by atoms with Crippen molar-refractivity contribution < 1.29 is 9.52 Å². The quantitative estimate of drug-likeness (QED) is 0.771. The van der Waals surface area contributed by atoms with E-state index in [2.05, 4.69) is 15.7 Å². The number of thiazole rings is 1. The molecule has 0 spiro atoms. The molecule has 0 unspecified atom stereocenters. The summed E-state index contributed by atoms with van der Waals surface area (Å²) in [5.74, 6) is 1.46. The van der Waals surface area contributed by atoms with E-state index in [0.29, 0.717) is 12.3 Å². The molecule has 0 radical (unpaired) electrons. The predicted molar refractivity (Wildman–Crippen MR) is 66.9 cm³/mol. The van der Waals surface area contributed by atoms with Crippen molar-refractivity contribution in [3.05, 3.63) is 39.7 Å². The van der Waals surface area contributed by atoms with Crippen molar-refractivity contribution in [2.75, 3.05) is 6.54 Å². The summed E-state index contributed by atoms with van der Waals surface area (Å²) >= 11 is 1.70. The van der Waals surface area contributed by atoms with Crippen LogP contribution in [0.25, 0.3) is 0 Å². The topological polar surface area (TPSA) is 58.3 Å². The molecule has 0 aliphatic carbocycles. The lowest BCUT2D eigenvalue weighted by molar-refractivity contribution is 0.243. The van der Waals surface area contributed by atoms with E-state index >= 15 is 0 Å². The molecule has 2 rings (SSSR count). The third-order valence-corrected chi connectivity index (χ3v) is 3.38. The average Bonchev–Trinajstić information content (AvgIpc) is 2.93. The molecule has 0 atom stereocenters. The van der Waals surface area contributed by atoms with E-state index in [4.69, 9.17) is 9.52 Å². The molecule has 4 nitrogen and oxygen atoms in total. The smallest absolute Gasteiger partial charge is 0.129 e. The number of aryl methyl sites for hydroxylation is 1. The van der Waals surface area contributed by atoms with Crippen LogP contribution in [0.1, 0.15) is 22.2 Å². The molecule has 2 aromatic rings. The van der Waals surface area contributed by atoms with E-state index in [9.17, 15) is 0 Å². The lowest BCUT2D eigenvalue weighted by Crippen LogP contribution is -2.16. The van der Waals surface area contributed by atoms with E-state index in [0.717, 1.165) is 29.4 Å². The first kappa shape index (κ1) is 12.3. The van der Waals surface area contributed by atoms with Crippen molar-refractivity contribution in [3.63, 3.8) is 0 Å². The zero-order valence-corrected chi connectivity index (χ0v) is 10.6. The van der Waals surface area contributed by atoms with E-state index in [1.165, 1.54) is 0 Å². The summed E-state index contributed by atoms with van der Waals surface area (Å²) in [6.07, 6.45) is 0.937. The Hall–Kier alpha value is -1.17. The van der Waals surface area contributed by atoms with Crippen LogP contribution in [0.4, 0.5) is 0 Å². The Balaban J connectivity index is 1.69. The first-order valence-corrected chi connectivity index (χ1v) is 6.46. The van der Waals surface area contributed by atoms with Crippen LogP contribution in [0, 0.1) is 6.92 Å². The summed E-state index contributed by atoms with van der Waals surface area (Å²) in [5.41, 5.74) is 1.09. The molecule has 5 heteroatoms. The van der Waals surface area contributed by atoms with Gasteiger partial charge in [-0.05, 0) is 19.1 Å². The van der Waals surface area contributed by atoms with Gasteiger partial charge >= 0.3 is 0 Å². The SMILES string of the molecule is Cc1csc(CCNCc2ccc(CO)o2)n1. The minimum Gasteiger partial charge on any atom is -0.462 e. The van der Waals surface area contributed by atoms with Crippen molar-refractivity contribution in [2.45, 2.75) is 26.5 Å². The highest BCUT2D eigenvalue weighted by atomic mass is 32.1. The second-order valence-electron chi connectivity index (χ2n) is 3.84. The van der Waals surface area contributed by atoms with Crippen LogP contribution >= 0.6 is 11.3 Å². The summed E-state index contributed by atoms with van der Waals surface area (Å²) in [6.45, 7) is 3.53. The van der Waals surface area contributed by atoms with Crippen LogP contribution in [-0.2, 0) is 19.6 Å². The number of aromatic nitrogens is 1. The maximum atomic E-state index is 8.85. The monoisotopic (exact) mass is 252 g/mol. The summed E-state index contributed by atoms with van der Waals surface area (Å²) < 4.78 is 5.36. The molecule has 92 valence electrons. The fraction of sp³-hybridized carbons (Fsp3) is 0.417. The van der Waals surface area contributed by atoms with Gasteiger partial charge < -0.3 is 14.8 Å². The van der Waals surface area contributed by atoms with Gasteiger partial charge in [0.25, 0.3) is 0 Å². The van der Waals surface area contributed by atoms with Gasteiger partial charge in [-0.15, -0.1) is 11.3 Å². The molecule has 0 saturated heterocycles. The van der Waals surface area contributed by atoms with Gasteiger partial charge in [0, 0.05) is 24.0 Å². The molecule has 0 bridgehead atoms. The fourth-order valence-electron chi connectivity index (χ4n) is 1.53. The van der Waals surface area contributed by atoms with Crippen LogP contribution in [0.3, 0.4) is 0 Å². The molecular formula is C12H16N2O2S. The molecule has 0 aromatic carbocycles. The van der Waals surface area contributed by atoms with Crippen LogP contribution in [0.15, 0.2) is 21.9 Å². The van der Waals surface area contributed by atoms with Gasteiger partial charge in [-0.3, -0.25) is 0 Å². The van der Waals surface area contributed by atoms with Crippen LogP contribution in [0.2, 0.25) is 0 Å². The van der Waals surface area contributed by atoms with Crippen LogP contribution < -0.4 is 5.32 Å². The van der Waals surface area contributed by atoms with E-state index in [1.807, 2.05) is 13.0 Å². The molecule has 2 aromatic heterocycles. The standard InChI is InChI=1S/C12H16N2O2S/c1-9-8-17-12(14-9)4-5-13-6-10-2-3-11(7-15)16-10/h2-3,8,13,15H,4-7H2,1H3. The molecule has 2 heterocycles. The first-order valence-electron chi connectivity index (χ1n) is 5.58. The highest BCUT2D eigenvalue weighted by molar-refractivity contribution is 7.09. The number of nitrogens with zero attached hydrogens (tertiary/aromatic N) is 1. The van der Waals surface area contributed by atoms with Gasteiger partial charge in [0.05, 0.1) is 11.6 Å². The molecule has 0 aliphatic heterocycles. The molecule has 0 amide bonds. The van der Waals surface area contributed by atoms with Crippen molar-refractivity contribution in [1.29, 1.82) is 0 Å². The number of aliphatic hydroxyl groups excluding tert-OH is 1. The minimum atomic E-state index is -0.0433. The van der Waals surface area contributed by atoms with E-state index < -0.39 is 0 Å². The molecule has 0 aliphatic rings. The number of furan rings is 1. The number of hydrogen-bond donors (Lipinski definition) is 2. The molecular weight excluding hydrogens is 236 g/mol. The maximum Gasteiger partial charge on any atom is 0.129 e. The fourth-order valence-corrected chi connectivity index (χ4v) is 2.30. The summed E-state index contributed by atoms with van der Waals surface area (Å²) in [5, 5.41) is 15.4. The summed E-state index contributed by atoms with van der Waals surface area (Å²) in [7, 11) is 0. The first-order chi connectivity index (χ1) is 8.28. The Morgan fingerprint density at radius 3 is 2.88 bits per heavy atom. The van der Waals surface area contributed by atoms with Gasteiger partial charge in [-0.2, -0.15) is 0 Å². The Labute approximate surface area is 104 Å². The largest absolute Gasteiger partial charge is 0.462 e. The average molecular weight is 252 g/mol. The zero-order valence-electron chi connectivity index (χ0n) is 9.77. The highest BCUT2D eigenvalue weighted by Gasteiger charge is 2.01. The van der Waals surface area contributed by atoms with E-state index in [-0.39, 0.29) is 6.61 Å². The third-order valence-electron chi connectivity index (χ3n) is 2.35. The number of nitrogens with one attached hydrogen (secondary N) is 1. The van der Waals surface area contributed by atoms with Gasteiger partial charge in [0.15, 0.2) is 0 Å². The summed E-state index contributed by atoms with van der Waals surface area (Å²) in [6, 6.07) is 3.67. The van der Waals surface area contributed by atoms with Gasteiger partial charge in [-0.1, -0.05) is 0 Å². The maximum absolute atomic E-state index is 8.85. The third kappa shape index (κ3) is 3.66. The minimum absolute atomic E-state index is 0.0433. The second-order valence-corrected chi connectivity index (χ2v) is 4.78. The molecule has 0 saturated carbocycles. The number of hydrogen-bond acceptors (Lipinski definition) is 5. The lowest BCUT2D eigenvalue weighted by atomic mass is 10.4. The Morgan fingerprint density at radius 1 is 1.41 bits per heavy atom. The normalized spacial score (nSPS) is 10.9. The highest BCUT2D eigenvalue weighted by Crippen LogP contribution is 2.09.